The average Bonchev–Trinajstić information content (AvgIpc) is 2.51. The first-order valence-electron chi connectivity index (χ1n) is 7.26. The number of anilines is 1. The van der Waals surface area contributed by atoms with Gasteiger partial charge in [0.1, 0.15) is 0 Å². The Labute approximate surface area is 130 Å². The molecule has 7 nitrogen and oxygen atoms in total. The zero-order valence-electron chi connectivity index (χ0n) is 13.1. The Kier molecular flexibility index (Phi) is 7.91. The Balaban J connectivity index is 2.21. The maximum Gasteiger partial charge on any atom is 0.269 e. The zero-order chi connectivity index (χ0) is 16.4. The molecule has 0 spiro atoms. The van der Waals surface area contributed by atoms with Crippen LogP contribution < -0.4 is 5.32 Å². The minimum atomic E-state index is -0.429. The van der Waals surface area contributed by atoms with Gasteiger partial charge < -0.3 is 15.0 Å². The van der Waals surface area contributed by atoms with Crippen molar-refractivity contribution in [3.63, 3.8) is 0 Å². The van der Waals surface area contributed by atoms with E-state index in [1.165, 1.54) is 12.1 Å². The SMILES string of the molecule is COCCCN(C)C(=O)CCCNc1ccc([N+](=O)[O-])cc1. The third kappa shape index (κ3) is 6.53. The fourth-order valence-electron chi connectivity index (χ4n) is 1.93. The number of nitrogens with one attached hydrogen (secondary N) is 1. The van der Waals surface area contributed by atoms with E-state index >= 15 is 0 Å². The minimum Gasteiger partial charge on any atom is -0.385 e. The highest BCUT2D eigenvalue weighted by atomic mass is 16.6. The standard InChI is InChI=1S/C15H23N3O4/c1-17(11-4-12-22-2)15(19)5-3-10-16-13-6-8-14(9-7-13)18(20)21/h6-9,16H,3-5,10-12H2,1-2H3. The molecule has 122 valence electrons. The average molecular weight is 309 g/mol. The summed E-state index contributed by atoms with van der Waals surface area (Å²) in [6.45, 7) is 2.00. The molecule has 1 amide bonds. The van der Waals surface area contributed by atoms with Crippen molar-refractivity contribution < 1.29 is 14.5 Å². The zero-order valence-corrected chi connectivity index (χ0v) is 13.1. The molecule has 0 aliphatic heterocycles. The summed E-state index contributed by atoms with van der Waals surface area (Å²) in [5.74, 6) is 0.113. The fourth-order valence-corrected chi connectivity index (χ4v) is 1.93. The highest BCUT2D eigenvalue weighted by Crippen LogP contribution is 2.15. The molecule has 0 heterocycles. The largest absolute Gasteiger partial charge is 0.385 e. The van der Waals surface area contributed by atoms with E-state index in [2.05, 4.69) is 5.32 Å². The second kappa shape index (κ2) is 9.73. The molecular weight excluding hydrogens is 286 g/mol. The van der Waals surface area contributed by atoms with E-state index in [9.17, 15) is 14.9 Å². The van der Waals surface area contributed by atoms with Crippen molar-refractivity contribution in [2.45, 2.75) is 19.3 Å². The summed E-state index contributed by atoms with van der Waals surface area (Å²) in [4.78, 5) is 23.7. The van der Waals surface area contributed by atoms with Crippen LogP contribution in [0.5, 0.6) is 0 Å². The molecule has 1 rings (SSSR count). The Morgan fingerprint density at radius 1 is 1.32 bits per heavy atom. The van der Waals surface area contributed by atoms with Gasteiger partial charge >= 0.3 is 0 Å². The van der Waals surface area contributed by atoms with Crippen LogP contribution in [0.3, 0.4) is 0 Å². The number of rotatable bonds is 10. The third-order valence-electron chi connectivity index (χ3n) is 3.24. The molecule has 7 heteroatoms. The number of nitro benzene ring substituents is 1. The lowest BCUT2D eigenvalue weighted by Crippen LogP contribution is -2.28. The normalized spacial score (nSPS) is 10.3. The van der Waals surface area contributed by atoms with Crippen LogP contribution >= 0.6 is 0 Å². The summed E-state index contributed by atoms with van der Waals surface area (Å²) < 4.78 is 4.95. The summed E-state index contributed by atoms with van der Waals surface area (Å²) in [5, 5.41) is 13.7. The van der Waals surface area contributed by atoms with E-state index < -0.39 is 4.92 Å². The predicted octanol–water partition coefficient (Wildman–Crippen LogP) is 2.28. The van der Waals surface area contributed by atoms with Crippen molar-refractivity contribution in [3.05, 3.63) is 34.4 Å². The quantitative estimate of drug-likeness (QED) is 0.407. The smallest absolute Gasteiger partial charge is 0.269 e. The van der Waals surface area contributed by atoms with Gasteiger partial charge in [-0.25, -0.2) is 0 Å². The Morgan fingerprint density at radius 3 is 2.59 bits per heavy atom. The lowest BCUT2D eigenvalue weighted by atomic mass is 10.2. The highest BCUT2D eigenvalue weighted by Gasteiger charge is 2.08. The number of methoxy groups -OCH3 is 1. The second-order valence-corrected chi connectivity index (χ2v) is 5.00. The second-order valence-electron chi connectivity index (χ2n) is 5.00. The Morgan fingerprint density at radius 2 is 2.00 bits per heavy atom. The summed E-state index contributed by atoms with van der Waals surface area (Å²) in [6.07, 6.45) is 2.02. The fraction of sp³-hybridized carbons (Fsp3) is 0.533. The number of non-ortho nitro benzene ring substituents is 1. The summed E-state index contributed by atoms with van der Waals surface area (Å²) >= 11 is 0. The molecule has 0 aliphatic carbocycles. The van der Waals surface area contributed by atoms with Gasteiger partial charge in [-0.05, 0) is 25.0 Å². The molecule has 0 bridgehead atoms. The van der Waals surface area contributed by atoms with Gasteiger partial charge in [0, 0.05) is 58.1 Å². The van der Waals surface area contributed by atoms with Crippen LogP contribution in [0, 0.1) is 10.1 Å². The Bertz CT molecular complexity index is 476. The molecule has 0 aromatic heterocycles. The topological polar surface area (TPSA) is 84.7 Å². The van der Waals surface area contributed by atoms with Gasteiger partial charge in [-0.15, -0.1) is 0 Å². The van der Waals surface area contributed by atoms with Gasteiger partial charge in [0.25, 0.3) is 5.69 Å². The van der Waals surface area contributed by atoms with Crippen molar-refractivity contribution in [2.75, 3.05) is 39.2 Å². The molecule has 22 heavy (non-hydrogen) atoms. The first-order chi connectivity index (χ1) is 10.5. The molecule has 0 radical (unpaired) electrons. The molecule has 1 aromatic carbocycles. The number of carbonyl (C=O) groups is 1. The predicted molar refractivity (Wildman–Crippen MR) is 85.0 cm³/mol. The first-order valence-corrected chi connectivity index (χ1v) is 7.26. The molecular formula is C15H23N3O4. The number of hydrogen-bond donors (Lipinski definition) is 1. The van der Waals surface area contributed by atoms with E-state index in [1.807, 2.05) is 0 Å². The van der Waals surface area contributed by atoms with Gasteiger partial charge in [0.05, 0.1) is 4.92 Å². The van der Waals surface area contributed by atoms with Crippen LogP contribution in [0.15, 0.2) is 24.3 Å². The number of amides is 1. The molecule has 1 N–H and O–H groups in total. The third-order valence-corrected chi connectivity index (χ3v) is 3.24. The molecule has 0 fully saturated rings. The highest BCUT2D eigenvalue weighted by molar-refractivity contribution is 5.75. The lowest BCUT2D eigenvalue weighted by molar-refractivity contribution is -0.384. The van der Waals surface area contributed by atoms with E-state index in [1.54, 1.807) is 31.2 Å². The van der Waals surface area contributed by atoms with Gasteiger partial charge in [-0.1, -0.05) is 0 Å². The van der Waals surface area contributed by atoms with E-state index in [-0.39, 0.29) is 11.6 Å². The monoisotopic (exact) mass is 309 g/mol. The van der Waals surface area contributed by atoms with Gasteiger partial charge in [0.2, 0.25) is 5.91 Å². The number of nitrogens with zero attached hydrogens (tertiary/aromatic N) is 2. The molecule has 0 saturated carbocycles. The van der Waals surface area contributed by atoms with Crippen LogP contribution in [0.1, 0.15) is 19.3 Å². The number of hydrogen-bond acceptors (Lipinski definition) is 5. The van der Waals surface area contributed by atoms with Crippen molar-refractivity contribution >= 4 is 17.3 Å². The number of ether oxygens (including phenoxy) is 1. The van der Waals surface area contributed by atoms with Crippen molar-refractivity contribution in [2.24, 2.45) is 0 Å². The molecule has 0 atom stereocenters. The molecule has 0 unspecified atom stereocenters. The lowest BCUT2D eigenvalue weighted by Gasteiger charge is -2.17. The number of benzene rings is 1. The van der Waals surface area contributed by atoms with Gasteiger partial charge in [-0.3, -0.25) is 14.9 Å². The minimum absolute atomic E-state index is 0.0680. The van der Waals surface area contributed by atoms with Crippen LogP contribution in [-0.4, -0.2) is 49.6 Å². The first kappa shape index (κ1) is 17.9. The summed E-state index contributed by atoms with van der Waals surface area (Å²) in [5.41, 5.74) is 0.880. The maximum absolute atomic E-state index is 11.9. The van der Waals surface area contributed by atoms with Gasteiger partial charge in [-0.2, -0.15) is 0 Å². The Hall–Kier alpha value is -2.15. The van der Waals surface area contributed by atoms with E-state index in [0.717, 1.165) is 12.1 Å². The number of carbonyl (C=O) groups excluding carboxylic acids is 1. The van der Waals surface area contributed by atoms with E-state index in [4.69, 9.17) is 4.74 Å². The molecule has 0 aliphatic rings. The molecule has 0 saturated heterocycles. The van der Waals surface area contributed by atoms with E-state index in [0.29, 0.717) is 32.5 Å². The van der Waals surface area contributed by atoms with Crippen molar-refractivity contribution in [3.8, 4) is 0 Å². The van der Waals surface area contributed by atoms with Crippen LogP contribution in [0.2, 0.25) is 0 Å². The van der Waals surface area contributed by atoms with Crippen molar-refractivity contribution in [1.82, 2.24) is 4.90 Å². The summed E-state index contributed by atoms with van der Waals surface area (Å²) in [6, 6.07) is 6.24. The van der Waals surface area contributed by atoms with Crippen molar-refractivity contribution in [1.29, 1.82) is 0 Å². The van der Waals surface area contributed by atoms with Crippen LogP contribution in [0.4, 0.5) is 11.4 Å². The number of nitro groups is 1. The van der Waals surface area contributed by atoms with Gasteiger partial charge in [0.15, 0.2) is 0 Å². The van der Waals surface area contributed by atoms with Crippen LogP contribution in [-0.2, 0) is 9.53 Å². The molecule has 1 aromatic rings. The van der Waals surface area contributed by atoms with Crippen LogP contribution in [0.25, 0.3) is 0 Å². The summed E-state index contributed by atoms with van der Waals surface area (Å²) in [7, 11) is 3.44. The maximum atomic E-state index is 11.9.